The van der Waals surface area contributed by atoms with Crippen molar-refractivity contribution in [3.63, 3.8) is 0 Å². The summed E-state index contributed by atoms with van der Waals surface area (Å²) < 4.78 is 0.761. The highest BCUT2D eigenvalue weighted by Crippen LogP contribution is 2.35. The van der Waals surface area contributed by atoms with Crippen LogP contribution in [-0.2, 0) is 0 Å². The van der Waals surface area contributed by atoms with Crippen LogP contribution in [0.1, 0.15) is 34.8 Å². The Morgan fingerprint density at radius 1 is 1.55 bits per heavy atom. The van der Waals surface area contributed by atoms with Crippen molar-refractivity contribution >= 4 is 44.8 Å². The molecule has 3 rings (SSSR count). The monoisotopic (exact) mass is 370 g/mol. The zero-order valence-corrected chi connectivity index (χ0v) is 13.7. The molecule has 2 aromatic heterocycles. The molecule has 6 heteroatoms. The average molecular weight is 372 g/mol. The molecule has 104 valence electrons. The van der Waals surface area contributed by atoms with Crippen LogP contribution in [0.15, 0.2) is 33.6 Å². The molecule has 20 heavy (non-hydrogen) atoms. The average Bonchev–Trinajstić information content (AvgIpc) is 3.10. The summed E-state index contributed by atoms with van der Waals surface area (Å²) in [5.41, 5.74) is 1.67. The Hall–Kier alpha value is -0.910. The maximum absolute atomic E-state index is 12.7. The van der Waals surface area contributed by atoms with E-state index in [1.807, 2.05) is 10.3 Å². The van der Waals surface area contributed by atoms with Gasteiger partial charge in [-0.05, 0) is 57.2 Å². The summed E-state index contributed by atoms with van der Waals surface area (Å²) in [5.74, 6) is -0.0440. The Bertz CT molecular complexity index is 632. The third-order valence-corrected chi connectivity index (χ3v) is 4.91. The number of amides is 1. The van der Waals surface area contributed by atoms with E-state index in [1.165, 1.54) is 5.56 Å². The number of hydrogen-bond acceptors (Lipinski definition) is 3. The second-order valence-electron chi connectivity index (χ2n) is 4.71. The number of hydrogen-bond donors (Lipinski definition) is 0. The summed E-state index contributed by atoms with van der Waals surface area (Å²) in [4.78, 5) is 18.6. The predicted octanol–water partition coefficient (Wildman–Crippen LogP) is 4.54. The molecule has 0 N–H and O–H groups in total. The Balaban J connectivity index is 1.91. The van der Waals surface area contributed by atoms with Crippen LogP contribution in [-0.4, -0.2) is 22.3 Å². The molecule has 0 aliphatic carbocycles. The molecule has 3 heterocycles. The minimum Gasteiger partial charge on any atom is -0.331 e. The van der Waals surface area contributed by atoms with Gasteiger partial charge in [-0.3, -0.25) is 4.79 Å². The maximum Gasteiger partial charge on any atom is 0.257 e. The fourth-order valence-corrected chi connectivity index (χ4v) is 3.77. The van der Waals surface area contributed by atoms with Gasteiger partial charge in [0, 0.05) is 17.2 Å². The van der Waals surface area contributed by atoms with E-state index in [0.717, 1.165) is 23.9 Å². The summed E-state index contributed by atoms with van der Waals surface area (Å²) >= 11 is 11.1. The minimum atomic E-state index is -0.0440. The largest absolute Gasteiger partial charge is 0.331 e. The van der Waals surface area contributed by atoms with Crippen LogP contribution in [0.4, 0.5) is 0 Å². The van der Waals surface area contributed by atoms with Crippen LogP contribution in [0.2, 0.25) is 5.15 Å². The summed E-state index contributed by atoms with van der Waals surface area (Å²) in [7, 11) is 0. The van der Waals surface area contributed by atoms with Crippen LogP contribution in [0, 0.1) is 0 Å². The molecule has 1 aliphatic rings. The number of carbonyl (C=O) groups is 1. The van der Waals surface area contributed by atoms with Crippen molar-refractivity contribution < 1.29 is 4.79 Å². The minimum absolute atomic E-state index is 0.0440. The van der Waals surface area contributed by atoms with Gasteiger partial charge in [-0.1, -0.05) is 11.6 Å². The SMILES string of the molecule is O=C(c1cc(Br)cnc1Cl)N1CCCC1c1ccsc1. The van der Waals surface area contributed by atoms with Crippen LogP contribution < -0.4 is 0 Å². The topological polar surface area (TPSA) is 33.2 Å². The second-order valence-corrected chi connectivity index (χ2v) is 6.76. The van der Waals surface area contributed by atoms with Crippen molar-refractivity contribution in [1.82, 2.24) is 9.88 Å². The van der Waals surface area contributed by atoms with Gasteiger partial charge in [-0.15, -0.1) is 0 Å². The fraction of sp³-hybridized carbons (Fsp3) is 0.286. The third-order valence-electron chi connectivity index (χ3n) is 3.48. The molecule has 0 spiro atoms. The van der Waals surface area contributed by atoms with Gasteiger partial charge in [-0.25, -0.2) is 4.98 Å². The van der Waals surface area contributed by atoms with Gasteiger partial charge in [0.25, 0.3) is 5.91 Å². The molecule has 1 saturated heterocycles. The predicted molar refractivity (Wildman–Crippen MR) is 84.3 cm³/mol. The Morgan fingerprint density at radius 2 is 2.40 bits per heavy atom. The van der Waals surface area contributed by atoms with Crippen LogP contribution >= 0.6 is 38.9 Å². The molecular weight excluding hydrogens is 360 g/mol. The Labute approximate surface area is 134 Å². The number of aromatic nitrogens is 1. The first-order valence-corrected chi connectivity index (χ1v) is 8.42. The number of carbonyl (C=O) groups excluding carboxylic acids is 1. The van der Waals surface area contributed by atoms with Crippen molar-refractivity contribution in [3.8, 4) is 0 Å². The molecule has 0 bridgehead atoms. The lowest BCUT2D eigenvalue weighted by atomic mass is 10.1. The highest BCUT2D eigenvalue weighted by molar-refractivity contribution is 9.10. The van der Waals surface area contributed by atoms with E-state index in [0.29, 0.717) is 5.56 Å². The van der Waals surface area contributed by atoms with E-state index >= 15 is 0 Å². The van der Waals surface area contributed by atoms with Crippen molar-refractivity contribution in [2.75, 3.05) is 6.54 Å². The summed E-state index contributed by atoms with van der Waals surface area (Å²) in [6.07, 6.45) is 3.62. The van der Waals surface area contributed by atoms with Gasteiger partial charge >= 0.3 is 0 Å². The lowest BCUT2D eigenvalue weighted by Crippen LogP contribution is -2.30. The van der Waals surface area contributed by atoms with Crippen molar-refractivity contribution in [1.29, 1.82) is 0 Å². The van der Waals surface area contributed by atoms with Crippen LogP contribution in [0.5, 0.6) is 0 Å². The van der Waals surface area contributed by atoms with Gasteiger partial charge in [0.2, 0.25) is 0 Å². The van der Waals surface area contributed by atoms with Crippen LogP contribution in [0.3, 0.4) is 0 Å². The van der Waals surface area contributed by atoms with E-state index in [9.17, 15) is 4.79 Å². The van der Waals surface area contributed by atoms with E-state index < -0.39 is 0 Å². The Kier molecular flexibility index (Phi) is 4.10. The molecule has 1 atom stereocenters. The lowest BCUT2D eigenvalue weighted by molar-refractivity contribution is 0.0735. The number of likely N-dealkylation sites (tertiary alicyclic amines) is 1. The molecule has 1 amide bonds. The molecule has 2 aromatic rings. The van der Waals surface area contributed by atoms with E-state index in [1.54, 1.807) is 23.6 Å². The Morgan fingerprint density at radius 3 is 3.15 bits per heavy atom. The zero-order chi connectivity index (χ0) is 14.1. The van der Waals surface area contributed by atoms with E-state index in [4.69, 9.17) is 11.6 Å². The molecule has 0 saturated carbocycles. The first-order valence-electron chi connectivity index (χ1n) is 6.31. The van der Waals surface area contributed by atoms with E-state index in [2.05, 4.69) is 32.4 Å². The number of thiophene rings is 1. The molecular formula is C14H12BrClN2OS. The molecule has 0 aromatic carbocycles. The molecule has 1 unspecified atom stereocenters. The first-order chi connectivity index (χ1) is 9.66. The zero-order valence-electron chi connectivity index (χ0n) is 10.6. The molecule has 0 radical (unpaired) electrons. The summed E-state index contributed by atoms with van der Waals surface area (Å²) in [6, 6.07) is 3.98. The first kappa shape index (κ1) is 14.0. The van der Waals surface area contributed by atoms with Crippen molar-refractivity contribution in [2.24, 2.45) is 0 Å². The van der Waals surface area contributed by atoms with Gasteiger partial charge in [0.15, 0.2) is 0 Å². The maximum atomic E-state index is 12.7. The van der Waals surface area contributed by atoms with Gasteiger partial charge < -0.3 is 4.90 Å². The fourth-order valence-electron chi connectivity index (χ4n) is 2.55. The number of rotatable bonds is 2. The number of pyridine rings is 1. The number of halogens is 2. The van der Waals surface area contributed by atoms with Gasteiger partial charge in [0.05, 0.1) is 11.6 Å². The van der Waals surface area contributed by atoms with Crippen molar-refractivity contribution in [2.45, 2.75) is 18.9 Å². The van der Waals surface area contributed by atoms with Gasteiger partial charge in [0.1, 0.15) is 5.15 Å². The van der Waals surface area contributed by atoms with Crippen molar-refractivity contribution in [3.05, 3.63) is 49.8 Å². The lowest BCUT2D eigenvalue weighted by Gasteiger charge is -2.24. The van der Waals surface area contributed by atoms with E-state index in [-0.39, 0.29) is 17.1 Å². The summed E-state index contributed by atoms with van der Waals surface area (Å²) in [6.45, 7) is 0.766. The molecule has 1 fully saturated rings. The van der Waals surface area contributed by atoms with Crippen LogP contribution in [0.25, 0.3) is 0 Å². The normalized spacial score (nSPS) is 18.5. The second kappa shape index (κ2) is 5.84. The molecule has 1 aliphatic heterocycles. The number of nitrogens with zero attached hydrogens (tertiary/aromatic N) is 2. The molecule has 3 nitrogen and oxygen atoms in total. The quantitative estimate of drug-likeness (QED) is 0.726. The van der Waals surface area contributed by atoms with Gasteiger partial charge in [-0.2, -0.15) is 11.3 Å². The summed E-state index contributed by atoms with van der Waals surface area (Å²) in [5, 5.41) is 4.41. The standard InChI is InChI=1S/C14H12BrClN2OS/c15-10-6-11(13(16)17-7-10)14(19)18-4-1-2-12(18)9-3-5-20-8-9/h3,5-8,12H,1-2,4H2. The third kappa shape index (κ3) is 2.62. The smallest absolute Gasteiger partial charge is 0.257 e. The highest BCUT2D eigenvalue weighted by Gasteiger charge is 2.31. The highest BCUT2D eigenvalue weighted by atomic mass is 79.9.